The van der Waals surface area contributed by atoms with Crippen LogP contribution in [0.25, 0.3) is 17.0 Å². The molecule has 0 aliphatic rings. The Labute approximate surface area is 177 Å². The molecule has 160 valence electrons. The van der Waals surface area contributed by atoms with Crippen LogP contribution in [0.15, 0.2) is 41.6 Å². The third-order valence-electron chi connectivity index (χ3n) is 4.18. The summed E-state index contributed by atoms with van der Waals surface area (Å²) >= 11 is 1.27. The van der Waals surface area contributed by atoms with Crippen LogP contribution in [0.1, 0.15) is 12.6 Å². The van der Waals surface area contributed by atoms with Gasteiger partial charge in [-0.2, -0.15) is 8.78 Å². The van der Waals surface area contributed by atoms with Crippen LogP contribution in [0.2, 0.25) is 0 Å². The monoisotopic (exact) mass is 448 g/mol. The summed E-state index contributed by atoms with van der Waals surface area (Å²) < 4.78 is 43.1. The molecule has 0 fully saturated rings. The van der Waals surface area contributed by atoms with E-state index in [-0.39, 0.29) is 5.82 Å². The Balaban J connectivity index is 1.62. The minimum Gasteiger partial charge on any atom is -0.305 e. The van der Waals surface area contributed by atoms with Gasteiger partial charge < -0.3 is 5.32 Å². The first-order valence-corrected chi connectivity index (χ1v) is 9.89. The van der Waals surface area contributed by atoms with Crippen molar-refractivity contribution in [1.82, 2.24) is 34.7 Å². The van der Waals surface area contributed by atoms with Crippen molar-refractivity contribution in [3.8, 4) is 5.95 Å². The molecule has 0 atom stereocenters. The third kappa shape index (κ3) is 4.35. The van der Waals surface area contributed by atoms with E-state index in [0.29, 0.717) is 40.5 Å². The lowest BCUT2D eigenvalue weighted by molar-refractivity contribution is -0.137. The van der Waals surface area contributed by atoms with Crippen LogP contribution in [0, 0.1) is 5.82 Å². The molecule has 0 spiro atoms. The van der Waals surface area contributed by atoms with E-state index >= 15 is 0 Å². The number of aryl methyl sites for hydroxylation is 1. The van der Waals surface area contributed by atoms with E-state index in [1.165, 1.54) is 34.6 Å². The first-order chi connectivity index (χ1) is 14.7. The summed E-state index contributed by atoms with van der Waals surface area (Å²) in [4.78, 5) is 20.2. The number of rotatable bonds is 6. The maximum Gasteiger partial charge on any atom is 0.322 e. The summed E-state index contributed by atoms with van der Waals surface area (Å²) in [5.74, 6) is -4.74. The van der Waals surface area contributed by atoms with Crippen LogP contribution in [-0.4, -0.2) is 46.6 Å². The molecule has 4 aromatic rings. The van der Waals surface area contributed by atoms with Crippen LogP contribution < -0.4 is 5.32 Å². The van der Waals surface area contributed by atoms with Gasteiger partial charge in [0.25, 0.3) is 11.9 Å². The SMILES string of the molecule is Cn1nnnc1-n1c(SCc2cccc(NC(=O)C(C)(F)F)n2)nc2ccc(F)cc21. The number of anilines is 1. The summed E-state index contributed by atoms with van der Waals surface area (Å²) in [6.07, 6.45) is 0. The summed E-state index contributed by atoms with van der Waals surface area (Å²) in [7, 11) is 1.64. The van der Waals surface area contributed by atoms with E-state index in [4.69, 9.17) is 0 Å². The van der Waals surface area contributed by atoms with Gasteiger partial charge in [-0.3, -0.25) is 9.36 Å². The van der Waals surface area contributed by atoms with Crippen LogP contribution in [-0.2, 0) is 17.6 Å². The van der Waals surface area contributed by atoms with Crippen molar-refractivity contribution in [3.63, 3.8) is 0 Å². The molecule has 3 aromatic heterocycles. The van der Waals surface area contributed by atoms with Crippen molar-refractivity contribution in [2.45, 2.75) is 23.8 Å². The Bertz CT molecular complexity index is 1270. The molecule has 0 saturated carbocycles. The van der Waals surface area contributed by atoms with E-state index in [1.54, 1.807) is 29.8 Å². The number of halogens is 3. The van der Waals surface area contributed by atoms with Gasteiger partial charge in [0.15, 0.2) is 5.16 Å². The largest absolute Gasteiger partial charge is 0.322 e. The summed E-state index contributed by atoms with van der Waals surface area (Å²) in [6, 6.07) is 8.89. The molecule has 0 aliphatic heterocycles. The topological polar surface area (TPSA) is 103 Å². The van der Waals surface area contributed by atoms with Crippen molar-refractivity contribution in [2.75, 3.05) is 5.32 Å². The summed E-state index contributed by atoms with van der Waals surface area (Å²) in [5, 5.41) is 14.0. The third-order valence-corrected chi connectivity index (χ3v) is 5.15. The van der Waals surface area contributed by atoms with Crippen molar-refractivity contribution in [1.29, 1.82) is 0 Å². The quantitative estimate of drug-likeness (QED) is 0.452. The first kappa shape index (κ1) is 20.8. The van der Waals surface area contributed by atoms with Gasteiger partial charge in [-0.15, -0.1) is 0 Å². The Morgan fingerprint density at radius 2 is 2.03 bits per heavy atom. The number of alkyl halides is 2. The minimum absolute atomic E-state index is 0.0118. The molecular weight excluding hydrogens is 433 g/mol. The lowest BCUT2D eigenvalue weighted by atomic mass is 10.3. The lowest BCUT2D eigenvalue weighted by Gasteiger charge is -2.11. The number of hydrogen-bond donors (Lipinski definition) is 1. The molecule has 4 rings (SSSR count). The number of nitrogens with zero attached hydrogens (tertiary/aromatic N) is 7. The molecule has 31 heavy (non-hydrogen) atoms. The highest BCUT2D eigenvalue weighted by atomic mass is 32.2. The second-order valence-corrected chi connectivity index (χ2v) is 7.55. The van der Waals surface area contributed by atoms with Crippen molar-refractivity contribution < 1.29 is 18.0 Å². The molecular formula is C18H15F3N8OS. The highest BCUT2D eigenvalue weighted by Crippen LogP contribution is 2.29. The zero-order chi connectivity index (χ0) is 22.2. The van der Waals surface area contributed by atoms with E-state index in [0.717, 1.165) is 0 Å². The van der Waals surface area contributed by atoms with Gasteiger partial charge >= 0.3 is 5.92 Å². The number of hydrogen-bond acceptors (Lipinski definition) is 7. The van der Waals surface area contributed by atoms with Gasteiger partial charge in [0.2, 0.25) is 0 Å². The normalized spacial score (nSPS) is 11.8. The van der Waals surface area contributed by atoms with Crippen LogP contribution in [0.4, 0.5) is 19.0 Å². The molecule has 0 radical (unpaired) electrons. The van der Waals surface area contributed by atoms with Crippen molar-refractivity contribution >= 4 is 34.5 Å². The number of fused-ring (bicyclic) bond motifs is 1. The van der Waals surface area contributed by atoms with Gasteiger partial charge in [0, 0.05) is 25.8 Å². The predicted molar refractivity (Wildman–Crippen MR) is 106 cm³/mol. The molecule has 9 nitrogen and oxygen atoms in total. The number of imidazole rings is 1. The fourth-order valence-corrected chi connectivity index (χ4v) is 3.63. The molecule has 0 unspecified atom stereocenters. The number of carbonyl (C=O) groups excluding carboxylic acids is 1. The second kappa shape index (κ2) is 7.98. The van der Waals surface area contributed by atoms with Gasteiger partial charge in [0.05, 0.1) is 16.7 Å². The van der Waals surface area contributed by atoms with Gasteiger partial charge in [-0.25, -0.2) is 19.0 Å². The zero-order valence-electron chi connectivity index (χ0n) is 16.3. The fourth-order valence-electron chi connectivity index (χ4n) is 2.72. The molecule has 1 N–H and O–H groups in total. The molecule has 1 amide bonds. The Kier molecular flexibility index (Phi) is 5.35. The van der Waals surface area contributed by atoms with Gasteiger partial charge in [-0.1, -0.05) is 22.9 Å². The number of pyridine rings is 1. The number of aromatic nitrogens is 7. The van der Waals surface area contributed by atoms with E-state index in [1.807, 2.05) is 0 Å². The van der Waals surface area contributed by atoms with Gasteiger partial charge in [-0.05, 0) is 34.7 Å². The number of amides is 1. The van der Waals surface area contributed by atoms with Crippen LogP contribution in [0.3, 0.4) is 0 Å². The lowest BCUT2D eigenvalue weighted by Crippen LogP contribution is -2.31. The number of carbonyl (C=O) groups is 1. The first-order valence-electron chi connectivity index (χ1n) is 8.91. The highest BCUT2D eigenvalue weighted by Gasteiger charge is 2.32. The smallest absolute Gasteiger partial charge is 0.305 e. The van der Waals surface area contributed by atoms with Gasteiger partial charge in [0.1, 0.15) is 11.6 Å². The number of benzene rings is 1. The molecule has 0 saturated heterocycles. The summed E-state index contributed by atoms with van der Waals surface area (Å²) in [6.45, 7) is 0.511. The molecule has 3 heterocycles. The number of thioether (sulfide) groups is 1. The molecule has 1 aromatic carbocycles. The fraction of sp³-hybridized carbons (Fsp3) is 0.222. The maximum atomic E-state index is 13.8. The van der Waals surface area contributed by atoms with Crippen molar-refractivity contribution in [3.05, 3.63) is 47.9 Å². The minimum atomic E-state index is -3.52. The zero-order valence-corrected chi connectivity index (χ0v) is 17.1. The number of nitrogens with one attached hydrogen (secondary N) is 1. The molecule has 0 bridgehead atoms. The Hall–Kier alpha value is -3.48. The Morgan fingerprint density at radius 3 is 2.74 bits per heavy atom. The van der Waals surface area contributed by atoms with E-state index in [9.17, 15) is 18.0 Å². The number of tetrazole rings is 1. The van der Waals surface area contributed by atoms with Crippen LogP contribution in [0.5, 0.6) is 0 Å². The maximum absolute atomic E-state index is 13.8. The second-order valence-electron chi connectivity index (χ2n) is 6.61. The van der Waals surface area contributed by atoms with E-state index in [2.05, 4.69) is 30.8 Å². The Morgan fingerprint density at radius 1 is 1.23 bits per heavy atom. The summed E-state index contributed by atoms with van der Waals surface area (Å²) in [5.41, 5.74) is 1.55. The predicted octanol–water partition coefficient (Wildman–Crippen LogP) is 2.97. The highest BCUT2D eigenvalue weighted by molar-refractivity contribution is 7.98. The average Bonchev–Trinajstić information content (AvgIpc) is 3.28. The van der Waals surface area contributed by atoms with Crippen LogP contribution >= 0.6 is 11.8 Å². The van der Waals surface area contributed by atoms with Crippen molar-refractivity contribution in [2.24, 2.45) is 7.05 Å². The molecule has 0 aliphatic carbocycles. The average molecular weight is 448 g/mol. The standard InChI is InChI=1S/C18H15F3N8OS/c1-18(20,21)15(30)24-14-5-3-4-11(22-14)9-31-17-23-12-7-6-10(19)8-13(12)29(17)16-25-26-27-28(16)2/h3-8H,9H2,1-2H3,(H,22,24,30). The van der Waals surface area contributed by atoms with E-state index < -0.39 is 17.6 Å². The molecule has 13 heteroatoms.